The van der Waals surface area contributed by atoms with E-state index in [2.05, 4.69) is 14.5 Å². The van der Waals surface area contributed by atoms with Crippen LogP contribution in [-0.2, 0) is 6.54 Å². The van der Waals surface area contributed by atoms with Crippen molar-refractivity contribution in [1.29, 1.82) is 0 Å². The van der Waals surface area contributed by atoms with Gasteiger partial charge in [-0.2, -0.15) is 0 Å². The lowest BCUT2D eigenvalue weighted by Crippen LogP contribution is -2.23. The van der Waals surface area contributed by atoms with E-state index in [0.29, 0.717) is 0 Å². The number of nitrogens with two attached hydrogens (primary N) is 1. The van der Waals surface area contributed by atoms with Gasteiger partial charge in [-0.3, -0.25) is 0 Å². The summed E-state index contributed by atoms with van der Waals surface area (Å²) < 4.78 is 2.15. The van der Waals surface area contributed by atoms with Crippen molar-refractivity contribution in [3.8, 4) is 0 Å². The Kier molecular flexibility index (Phi) is 4.36. The summed E-state index contributed by atoms with van der Waals surface area (Å²) in [6, 6.07) is 0. The summed E-state index contributed by atoms with van der Waals surface area (Å²) in [4.78, 5) is 6.61. The molecule has 2 N–H and O–H groups in total. The van der Waals surface area contributed by atoms with E-state index in [4.69, 9.17) is 5.73 Å². The summed E-state index contributed by atoms with van der Waals surface area (Å²) in [5, 5.41) is 0. The number of likely N-dealkylation sites (tertiary alicyclic amines) is 1. The van der Waals surface area contributed by atoms with Crippen LogP contribution in [0.2, 0.25) is 0 Å². The highest BCUT2D eigenvalue weighted by Gasteiger charge is 2.20. The van der Waals surface area contributed by atoms with Crippen LogP contribution in [0.4, 0.5) is 0 Å². The third-order valence-corrected chi connectivity index (χ3v) is 3.39. The molecule has 16 heavy (non-hydrogen) atoms. The van der Waals surface area contributed by atoms with E-state index in [-0.39, 0.29) is 0 Å². The second-order valence-electron chi connectivity index (χ2n) is 4.69. The van der Waals surface area contributed by atoms with Crippen molar-refractivity contribution in [3.05, 3.63) is 18.7 Å². The molecule has 1 saturated heterocycles. The molecular weight excluding hydrogens is 200 g/mol. The number of hydrogen-bond donors (Lipinski definition) is 1. The van der Waals surface area contributed by atoms with Crippen molar-refractivity contribution in [2.75, 3.05) is 26.2 Å². The van der Waals surface area contributed by atoms with Gasteiger partial charge in [0.2, 0.25) is 0 Å². The fourth-order valence-electron chi connectivity index (χ4n) is 2.48. The average Bonchev–Trinajstić information content (AvgIpc) is 2.90. The molecule has 4 heteroatoms. The predicted octanol–water partition coefficient (Wildman–Crippen LogP) is 0.944. The van der Waals surface area contributed by atoms with Crippen LogP contribution in [0, 0.1) is 5.92 Å². The topological polar surface area (TPSA) is 47.1 Å². The van der Waals surface area contributed by atoms with Crippen LogP contribution < -0.4 is 5.73 Å². The lowest BCUT2D eigenvalue weighted by atomic mass is 10.1. The standard InChI is InChI=1S/C12H22N4/c13-4-2-12-3-8-15(10-12)6-1-7-16-9-5-14-11-16/h5,9,11-12H,1-4,6-8,10,13H2. The van der Waals surface area contributed by atoms with Crippen molar-refractivity contribution >= 4 is 0 Å². The minimum absolute atomic E-state index is 0.841. The van der Waals surface area contributed by atoms with Crippen LogP contribution in [0.5, 0.6) is 0 Å². The Bertz CT molecular complexity index is 283. The van der Waals surface area contributed by atoms with Crippen molar-refractivity contribution in [2.45, 2.75) is 25.8 Å². The molecule has 2 heterocycles. The number of rotatable bonds is 6. The lowest BCUT2D eigenvalue weighted by Gasteiger charge is -2.15. The smallest absolute Gasteiger partial charge is 0.0945 e. The zero-order chi connectivity index (χ0) is 11.2. The molecule has 0 spiro atoms. The number of hydrogen-bond acceptors (Lipinski definition) is 3. The molecule has 1 aliphatic rings. The number of nitrogens with zero attached hydrogens (tertiary/aromatic N) is 3. The first-order valence-electron chi connectivity index (χ1n) is 6.26. The molecule has 0 bridgehead atoms. The maximum absolute atomic E-state index is 5.59. The Morgan fingerprint density at radius 2 is 2.31 bits per heavy atom. The van der Waals surface area contributed by atoms with E-state index in [1.54, 1.807) is 0 Å². The fraction of sp³-hybridized carbons (Fsp3) is 0.750. The average molecular weight is 222 g/mol. The summed E-state index contributed by atoms with van der Waals surface area (Å²) in [6.45, 7) is 5.64. The molecule has 4 nitrogen and oxygen atoms in total. The van der Waals surface area contributed by atoms with Crippen LogP contribution in [0.25, 0.3) is 0 Å². The van der Waals surface area contributed by atoms with Crippen LogP contribution in [-0.4, -0.2) is 40.6 Å². The van der Waals surface area contributed by atoms with Crippen LogP contribution >= 0.6 is 0 Å². The van der Waals surface area contributed by atoms with Gasteiger partial charge in [0.15, 0.2) is 0 Å². The number of imidazole rings is 1. The monoisotopic (exact) mass is 222 g/mol. The SMILES string of the molecule is NCCC1CCN(CCCn2ccnc2)C1. The molecular formula is C12H22N4. The fourth-order valence-corrected chi connectivity index (χ4v) is 2.48. The summed E-state index contributed by atoms with van der Waals surface area (Å²) in [5.74, 6) is 0.846. The first-order chi connectivity index (χ1) is 7.88. The van der Waals surface area contributed by atoms with Crippen molar-refractivity contribution in [2.24, 2.45) is 11.7 Å². The highest BCUT2D eigenvalue weighted by Crippen LogP contribution is 2.18. The van der Waals surface area contributed by atoms with Gasteiger partial charge in [0.05, 0.1) is 6.33 Å². The van der Waals surface area contributed by atoms with Gasteiger partial charge in [0.1, 0.15) is 0 Å². The van der Waals surface area contributed by atoms with E-state index >= 15 is 0 Å². The molecule has 1 fully saturated rings. The maximum Gasteiger partial charge on any atom is 0.0945 e. The summed E-state index contributed by atoms with van der Waals surface area (Å²) in [5.41, 5.74) is 5.59. The van der Waals surface area contributed by atoms with Crippen LogP contribution in [0.3, 0.4) is 0 Å². The normalized spacial score (nSPS) is 21.7. The van der Waals surface area contributed by atoms with Crippen molar-refractivity contribution in [3.63, 3.8) is 0 Å². The number of aryl methyl sites for hydroxylation is 1. The summed E-state index contributed by atoms with van der Waals surface area (Å²) in [7, 11) is 0. The molecule has 1 atom stereocenters. The van der Waals surface area contributed by atoms with E-state index in [9.17, 15) is 0 Å². The Labute approximate surface area is 97.4 Å². The quantitative estimate of drug-likeness (QED) is 0.779. The van der Waals surface area contributed by atoms with Crippen LogP contribution in [0.15, 0.2) is 18.7 Å². The minimum atomic E-state index is 0.841. The Balaban J connectivity index is 1.60. The minimum Gasteiger partial charge on any atom is -0.337 e. The highest BCUT2D eigenvalue weighted by molar-refractivity contribution is 4.77. The zero-order valence-electron chi connectivity index (χ0n) is 9.89. The van der Waals surface area contributed by atoms with Gasteiger partial charge in [-0.1, -0.05) is 0 Å². The lowest BCUT2D eigenvalue weighted by molar-refractivity contribution is 0.310. The molecule has 1 aromatic heterocycles. The van der Waals surface area contributed by atoms with Gasteiger partial charge < -0.3 is 15.2 Å². The van der Waals surface area contributed by atoms with Crippen molar-refractivity contribution in [1.82, 2.24) is 14.5 Å². The van der Waals surface area contributed by atoms with E-state index in [1.807, 2.05) is 18.7 Å². The van der Waals surface area contributed by atoms with Gasteiger partial charge in [-0.05, 0) is 44.8 Å². The molecule has 1 aliphatic heterocycles. The Hall–Kier alpha value is -0.870. The van der Waals surface area contributed by atoms with Gasteiger partial charge in [0.25, 0.3) is 0 Å². The molecule has 2 rings (SSSR count). The van der Waals surface area contributed by atoms with E-state index < -0.39 is 0 Å². The largest absolute Gasteiger partial charge is 0.337 e. The Morgan fingerprint density at radius 3 is 3.06 bits per heavy atom. The zero-order valence-corrected chi connectivity index (χ0v) is 9.89. The summed E-state index contributed by atoms with van der Waals surface area (Å²) in [6.07, 6.45) is 9.50. The van der Waals surface area contributed by atoms with Crippen LogP contribution in [0.1, 0.15) is 19.3 Å². The van der Waals surface area contributed by atoms with Gasteiger partial charge in [-0.25, -0.2) is 4.98 Å². The van der Waals surface area contributed by atoms with Gasteiger partial charge in [0, 0.05) is 25.5 Å². The van der Waals surface area contributed by atoms with Crippen molar-refractivity contribution < 1.29 is 0 Å². The van der Waals surface area contributed by atoms with E-state index in [1.165, 1.54) is 38.9 Å². The van der Waals surface area contributed by atoms with E-state index in [0.717, 1.165) is 19.0 Å². The third kappa shape index (κ3) is 3.32. The number of aromatic nitrogens is 2. The molecule has 1 aromatic rings. The second kappa shape index (κ2) is 6.01. The molecule has 0 aromatic carbocycles. The first kappa shape index (κ1) is 11.6. The molecule has 0 saturated carbocycles. The Morgan fingerprint density at radius 1 is 1.38 bits per heavy atom. The van der Waals surface area contributed by atoms with Gasteiger partial charge in [-0.15, -0.1) is 0 Å². The highest BCUT2D eigenvalue weighted by atomic mass is 15.1. The molecule has 0 amide bonds. The molecule has 90 valence electrons. The summed E-state index contributed by atoms with van der Waals surface area (Å²) >= 11 is 0. The van der Waals surface area contributed by atoms with Gasteiger partial charge >= 0.3 is 0 Å². The molecule has 0 radical (unpaired) electrons. The third-order valence-electron chi connectivity index (χ3n) is 3.39. The molecule has 0 aliphatic carbocycles. The first-order valence-corrected chi connectivity index (χ1v) is 6.26. The molecule has 1 unspecified atom stereocenters. The predicted molar refractivity (Wildman–Crippen MR) is 65.1 cm³/mol. The second-order valence-corrected chi connectivity index (χ2v) is 4.69. The maximum atomic E-state index is 5.59.